The number of rotatable bonds is 4. The van der Waals surface area contributed by atoms with E-state index >= 15 is 0 Å². The molecule has 3 N–H and O–H groups in total. The average Bonchev–Trinajstić information content (AvgIpc) is 2.52. The van der Waals surface area contributed by atoms with Gasteiger partial charge in [-0.2, -0.15) is 13.2 Å². The third-order valence-corrected chi connectivity index (χ3v) is 3.81. The number of aliphatic hydroxyl groups is 1. The van der Waals surface area contributed by atoms with Crippen molar-refractivity contribution in [2.45, 2.75) is 12.3 Å². The van der Waals surface area contributed by atoms with Crippen LogP contribution < -0.4 is 10.6 Å². The quantitative estimate of drug-likeness (QED) is 0.695. The first kappa shape index (κ1) is 19.4. The minimum absolute atomic E-state index is 0.145. The van der Waals surface area contributed by atoms with Gasteiger partial charge in [0.2, 0.25) is 0 Å². The summed E-state index contributed by atoms with van der Waals surface area (Å²) in [5.41, 5.74) is -0.239. The molecular formula is C16H13Cl2F3N2O2. The van der Waals surface area contributed by atoms with Crippen molar-refractivity contribution in [3.05, 3.63) is 63.6 Å². The molecule has 1 unspecified atom stereocenters. The van der Waals surface area contributed by atoms with E-state index in [0.29, 0.717) is 10.6 Å². The van der Waals surface area contributed by atoms with Crippen LogP contribution in [0.15, 0.2) is 42.5 Å². The Labute approximate surface area is 151 Å². The maximum absolute atomic E-state index is 12.5. The topological polar surface area (TPSA) is 61.4 Å². The van der Waals surface area contributed by atoms with E-state index in [0.717, 1.165) is 24.3 Å². The van der Waals surface area contributed by atoms with Gasteiger partial charge in [-0.15, -0.1) is 0 Å². The minimum Gasteiger partial charge on any atom is -0.387 e. The van der Waals surface area contributed by atoms with Crippen LogP contribution in [0.3, 0.4) is 0 Å². The first-order chi connectivity index (χ1) is 11.7. The van der Waals surface area contributed by atoms with Gasteiger partial charge in [0.05, 0.1) is 11.7 Å². The summed E-state index contributed by atoms with van der Waals surface area (Å²) in [5, 5.41) is 15.5. The normalized spacial score (nSPS) is 12.6. The molecule has 0 aliphatic carbocycles. The SMILES string of the molecule is O=C(NCC(O)c1ccc(Cl)cc1Cl)Nc1ccc(C(F)(F)F)cc1. The maximum atomic E-state index is 12.5. The highest BCUT2D eigenvalue weighted by molar-refractivity contribution is 6.35. The lowest BCUT2D eigenvalue weighted by Crippen LogP contribution is -2.32. The van der Waals surface area contributed by atoms with Gasteiger partial charge in [-0.05, 0) is 36.4 Å². The Hall–Kier alpha value is -1.96. The number of aliphatic hydroxyl groups excluding tert-OH is 1. The number of hydrogen-bond donors (Lipinski definition) is 3. The first-order valence-corrected chi connectivity index (χ1v) is 7.77. The van der Waals surface area contributed by atoms with Crippen molar-refractivity contribution in [2.75, 3.05) is 11.9 Å². The lowest BCUT2D eigenvalue weighted by molar-refractivity contribution is -0.137. The highest BCUT2D eigenvalue weighted by Crippen LogP contribution is 2.30. The van der Waals surface area contributed by atoms with Crippen molar-refractivity contribution in [2.24, 2.45) is 0 Å². The fourth-order valence-electron chi connectivity index (χ4n) is 1.99. The Morgan fingerprint density at radius 1 is 1.12 bits per heavy atom. The maximum Gasteiger partial charge on any atom is 0.416 e. The molecule has 0 aromatic heterocycles. The molecule has 0 saturated carbocycles. The largest absolute Gasteiger partial charge is 0.416 e. The summed E-state index contributed by atoms with van der Waals surface area (Å²) in [5.74, 6) is 0. The van der Waals surface area contributed by atoms with E-state index in [4.69, 9.17) is 23.2 Å². The van der Waals surface area contributed by atoms with Gasteiger partial charge < -0.3 is 15.7 Å². The van der Waals surface area contributed by atoms with Crippen LogP contribution >= 0.6 is 23.2 Å². The van der Waals surface area contributed by atoms with Gasteiger partial charge in [0, 0.05) is 27.8 Å². The lowest BCUT2D eigenvalue weighted by atomic mass is 10.1. The minimum atomic E-state index is -4.44. The molecule has 134 valence electrons. The van der Waals surface area contributed by atoms with Gasteiger partial charge in [0.15, 0.2) is 0 Å². The van der Waals surface area contributed by atoms with Crippen molar-refractivity contribution < 1.29 is 23.1 Å². The summed E-state index contributed by atoms with van der Waals surface area (Å²) in [6, 6.07) is 7.85. The van der Waals surface area contributed by atoms with Gasteiger partial charge in [-0.3, -0.25) is 0 Å². The van der Waals surface area contributed by atoms with Crippen LogP contribution in [-0.4, -0.2) is 17.7 Å². The second-order valence-corrected chi connectivity index (χ2v) is 5.94. The van der Waals surface area contributed by atoms with Crippen molar-refractivity contribution in [1.82, 2.24) is 5.32 Å². The molecule has 0 radical (unpaired) electrons. The summed E-state index contributed by atoms with van der Waals surface area (Å²) in [6.45, 7) is -0.145. The molecule has 1 atom stereocenters. The van der Waals surface area contributed by atoms with E-state index in [-0.39, 0.29) is 17.3 Å². The molecule has 0 aliphatic rings. The first-order valence-electron chi connectivity index (χ1n) is 7.02. The third kappa shape index (κ3) is 5.52. The summed E-state index contributed by atoms with van der Waals surface area (Å²) < 4.78 is 37.4. The second-order valence-electron chi connectivity index (χ2n) is 5.09. The van der Waals surface area contributed by atoms with Crippen LogP contribution in [0.4, 0.5) is 23.7 Å². The molecule has 25 heavy (non-hydrogen) atoms. The van der Waals surface area contributed by atoms with Crippen LogP contribution in [-0.2, 0) is 6.18 Å². The van der Waals surface area contributed by atoms with Gasteiger partial charge in [-0.1, -0.05) is 29.3 Å². The Kier molecular flexibility index (Phi) is 6.16. The number of halogens is 5. The predicted molar refractivity (Wildman–Crippen MR) is 89.9 cm³/mol. The molecule has 0 heterocycles. The van der Waals surface area contributed by atoms with E-state index in [1.165, 1.54) is 12.1 Å². The number of hydrogen-bond acceptors (Lipinski definition) is 2. The molecule has 2 aromatic rings. The number of alkyl halides is 3. The zero-order valence-electron chi connectivity index (χ0n) is 12.6. The van der Waals surface area contributed by atoms with Crippen LogP contribution in [0.1, 0.15) is 17.2 Å². The van der Waals surface area contributed by atoms with Crippen molar-refractivity contribution in [1.29, 1.82) is 0 Å². The molecular weight excluding hydrogens is 380 g/mol. The molecule has 0 spiro atoms. The standard InChI is InChI=1S/C16H13Cl2F3N2O2/c17-10-3-6-12(13(18)7-10)14(24)8-22-15(25)23-11-4-1-9(2-5-11)16(19,20)21/h1-7,14,24H,8H2,(H2,22,23,25). The number of anilines is 1. The molecule has 4 nitrogen and oxygen atoms in total. The number of benzene rings is 2. The van der Waals surface area contributed by atoms with Crippen LogP contribution in [0.25, 0.3) is 0 Å². The number of carbonyl (C=O) groups excluding carboxylic acids is 1. The summed E-state index contributed by atoms with van der Waals surface area (Å²) in [6.07, 6.45) is -5.51. The summed E-state index contributed by atoms with van der Waals surface area (Å²) >= 11 is 11.7. The highest BCUT2D eigenvalue weighted by atomic mass is 35.5. The fourth-order valence-corrected chi connectivity index (χ4v) is 2.52. The second kappa shape index (κ2) is 7.95. The smallest absolute Gasteiger partial charge is 0.387 e. The van der Waals surface area contributed by atoms with Gasteiger partial charge in [0.1, 0.15) is 0 Å². The molecule has 0 bridgehead atoms. The monoisotopic (exact) mass is 392 g/mol. The number of amides is 2. The Bertz CT molecular complexity index is 752. The Balaban J connectivity index is 1.90. The van der Waals surface area contributed by atoms with Crippen molar-refractivity contribution >= 4 is 34.9 Å². The summed E-state index contributed by atoms with van der Waals surface area (Å²) in [4.78, 5) is 11.8. The number of carbonyl (C=O) groups is 1. The van der Waals surface area contributed by atoms with Crippen LogP contribution in [0.5, 0.6) is 0 Å². The van der Waals surface area contributed by atoms with E-state index < -0.39 is 23.9 Å². The van der Waals surface area contributed by atoms with Crippen LogP contribution in [0.2, 0.25) is 10.0 Å². The molecule has 0 aliphatic heterocycles. The Morgan fingerprint density at radius 3 is 2.32 bits per heavy atom. The third-order valence-electron chi connectivity index (χ3n) is 3.25. The van der Waals surface area contributed by atoms with Gasteiger partial charge in [-0.25, -0.2) is 4.79 Å². The van der Waals surface area contributed by atoms with E-state index in [2.05, 4.69) is 10.6 Å². The number of urea groups is 1. The van der Waals surface area contributed by atoms with Crippen molar-refractivity contribution in [3.8, 4) is 0 Å². The van der Waals surface area contributed by atoms with Gasteiger partial charge >= 0.3 is 12.2 Å². The zero-order chi connectivity index (χ0) is 18.6. The van der Waals surface area contributed by atoms with E-state index in [1.807, 2.05) is 0 Å². The lowest BCUT2D eigenvalue weighted by Gasteiger charge is -2.14. The highest BCUT2D eigenvalue weighted by Gasteiger charge is 2.30. The number of nitrogens with one attached hydrogen (secondary N) is 2. The van der Waals surface area contributed by atoms with Crippen LogP contribution in [0, 0.1) is 0 Å². The summed E-state index contributed by atoms with van der Waals surface area (Å²) in [7, 11) is 0. The molecule has 2 rings (SSSR count). The zero-order valence-corrected chi connectivity index (χ0v) is 14.1. The van der Waals surface area contributed by atoms with Gasteiger partial charge in [0.25, 0.3) is 0 Å². The molecule has 9 heteroatoms. The molecule has 2 aromatic carbocycles. The molecule has 0 saturated heterocycles. The van der Waals surface area contributed by atoms with E-state index in [9.17, 15) is 23.1 Å². The molecule has 2 amide bonds. The average molecular weight is 393 g/mol. The van der Waals surface area contributed by atoms with Crippen molar-refractivity contribution in [3.63, 3.8) is 0 Å². The van der Waals surface area contributed by atoms with E-state index in [1.54, 1.807) is 6.07 Å². The predicted octanol–water partition coefficient (Wildman–Crippen LogP) is 4.87. The fraction of sp³-hybridized carbons (Fsp3) is 0.188. The Morgan fingerprint density at radius 2 is 1.76 bits per heavy atom. The molecule has 0 fully saturated rings.